The van der Waals surface area contributed by atoms with Crippen LogP contribution in [0.25, 0.3) is 11.3 Å². The molecule has 0 aliphatic heterocycles. The average Bonchev–Trinajstić information content (AvgIpc) is 2.64. The van der Waals surface area contributed by atoms with Crippen LogP contribution in [0.15, 0.2) is 41.4 Å². The lowest BCUT2D eigenvalue weighted by Gasteiger charge is -2.10. The third-order valence-electron chi connectivity index (χ3n) is 2.89. The van der Waals surface area contributed by atoms with Gasteiger partial charge in [-0.3, -0.25) is 4.99 Å². The molecule has 0 unspecified atom stereocenters. The summed E-state index contributed by atoms with van der Waals surface area (Å²) in [4.78, 5) is 4.44. The first kappa shape index (κ1) is 13.4. The van der Waals surface area contributed by atoms with E-state index >= 15 is 0 Å². The quantitative estimate of drug-likeness (QED) is 0.819. The fraction of sp³-hybridized carbons (Fsp3) is 0.312. The van der Waals surface area contributed by atoms with E-state index in [4.69, 9.17) is 0 Å². The minimum Gasteiger partial charge on any atom is -0.494 e. The van der Waals surface area contributed by atoms with E-state index in [1.54, 1.807) is 10.8 Å². The van der Waals surface area contributed by atoms with Gasteiger partial charge >= 0.3 is 0 Å². The highest BCUT2D eigenvalue weighted by Crippen LogP contribution is 2.28. The molecule has 0 saturated heterocycles. The molecule has 2 rings (SSSR count). The summed E-state index contributed by atoms with van der Waals surface area (Å²) < 4.78 is 1.78. The molecule has 100 valence electrons. The maximum Gasteiger partial charge on any atom is 0.200 e. The monoisotopic (exact) mass is 256 g/mol. The smallest absolute Gasteiger partial charge is 0.200 e. The topological polar surface area (TPSA) is 37.5 Å². The van der Waals surface area contributed by atoms with E-state index in [9.17, 15) is 5.11 Å². The van der Waals surface area contributed by atoms with Crippen molar-refractivity contribution >= 4 is 6.21 Å². The van der Waals surface area contributed by atoms with Gasteiger partial charge in [0.15, 0.2) is 5.88 Å². The second kappa shape index (κ2) is 4.92. The molecule has 2 aromatic rings. The highest BCUT2D eigenvalue weighted by atomic mass is 16.3. The van der Waals surface area contributed by atoms with Crippen molar-refractivity contribution < 1.29 is 5.11 Å². The molecule has 0 amide bonds. The molecule has 3 nitrogen and oxygen atoms in total. The molecular formula is C16H20N2O. The molecule has 1 aromatic carbocycles. The van der Waals surface area contributed by atoms with E-state index in [1.165, 1.54) is 0 Å². The molecule has 3 heteroatoms. The zero-order valence-electron chi connectivity index (χ0n) is 11.9. The maximum atomic E-state index is 10.1. The molecule has 19 heavy (non-hydrogen) atoms. The number of aromatic hydroxyl groups is 1. The van der Waals surface area contributed by atoms with Crippen molar-refractivity contribution in [2.75, 3.05) is 0 Å². The number of nitrogens with zero attached hydrogens (tertiary/aromatic N) is 2. The van der Waals surface area contributed by atoms with Crippen molar-refractivity contribution in [3.8, 4) is 17.1 Å². The van der Waals surface area contributed by atoms with Crippen LogP contribution in [0.4, 0.5) is 0 Å². The van der Waals surface area contributed by atoms with E-state index in [-0.39, 0.29) is 11.4 Å². The second-order valence-corrected chi connectivity index (χ2v) is 5.66. The molecule has 0 bridgehead atoms. The fourth-order valence-corrected chi connectivity index (χ4v) is 1.86. The third kappa shape index (κ3) is 3.05. The predicted molar refractivity (Wildman–Crippen MR) is 79.9 cm³/mol. The average molecular weight is 256 g/mol. The van der Waals surface area contributed by atoms with Crippen LogP contribution in [-0.4, -0.2) is 21.4 Å². The van der Waals surface area contributed by atoms with Gasteiger partial charge in [-0.05, 0) is 32.4 Å². The summed E-state index contributed by atoms with van der Waals surface area (Å²) in [5, 5.41) is 10.1. The Bertz CT molecular complexity index is 589. The van der Waals surface area contributed by atoms with Crippen LogP contribution in [-0.2, 0) is 7.05 Å². The molecule has 0 saturated carbocycles. The summed E-state index contributed by atoms with van der Waals surface area (Å²) in [6.07, 6.45) is 1.74. The van der Waals surface area contributed by atoms with Crippen molar-refractivity contribution in [1.82, 2.24) is 4.57 Å². The SMILES string of the molecule is Cn1c(-c2ccccc2)cc(C=NC(C)(C)C)c1O. The molecule has 0 fully saturated rings. The fourth-order valence-electron chi connectivity index (χ4n) is 1.86. The first-order chi connectivity index (χ1) is 8.88. The highest BCUT2D eigenvalue weighted by molar-refractivity contribution is 5.86. The molecule has 0 radical (unpaired) electrons. The van der Waals surface area contributed by atoms with Crippen LogP contribution in [0.1, 0.15) is 26.3 Å². The lowest BCUT2D eigenvalue weighted by Crippen LogP contribution is -2.09. The van der Waals surface area contributed by atoms with Crippen molar-refractivity contribution in [3.05, 3.63) is 42.0 Å². The van der Waals surface area contributed by atoms with Crippen molar-refractivity contribution in [3.63, 3.8) is 0 Å². The van der Waals surface area contributed by atoms with Crippen LogP contribution in [0.2, 0.25) is 0 Å². The summed E-state index contributed by atoms with van der Waals surface area (Å²) >= 11 is 0. The highest BCUT2D eigenvalue weighted by Gasteiger charge is 2.12. The Morgan fingerprint density at radius 1 is 1.16 bits per heavy atom. The first-order valence-electron chi connectivity index (χ1n) is 6.38. The van der Waals surface area contributed by atoms with E-state index in [2.05, 4.69) is 4.99 Å². The zero-order valence-corrected chi connectivity index (χ0v) is 11.9. The summed E-state index contributed by atoms with van der Waals surface area (Å²) in [5.74, 6) is 0.242. The molecule has 1 heterocycles. The first-order valence-corrected chi connectivity index (χ1v) is 6.38. The molecule has 0 atom stereocenters. The van der Waals surface area contributed by atoms with Crippen LogP contribution in [0, 0.1) is 0 Å². The van der Waals surface area contributed by atoms with Gasteiger partial charge in [-0.15, -0.1) is 0 Å². The van der Waals surface area contributed by atoms with E-state index in [0.29, 0.717) is 0 Å². The Kier molecular flexibility index (Phi) is 3.47. The van der Waals surface area contributed by atoms with E-state index in [0.717, 1.165) is 16.8 Å². The second-order valence-electron chi connectivity index (χ2n) is 5.66. The molecule has 0 aliphatic carbocycles. The van der Waals surface area contributed by atoms with Crippen molar-refractivity contribution in [1.29, 1.82) is 0 Å². The molecular weight excluding hydrogens is 236 g/mol. The van der Waals surface area contributed by atoms with Crippen molar-refractivity contribution in [2.45, 2.75) is 26.3 Å². The number of aliphatic imine (C=N–C) groups is 1. The summed E-state index contributed by atoms with van der Waals surface area (Å²) in [5.41, 5.74) is 2.66. The van der Waals surface area contributed by atoms with Gasteiger partial charge in [0, 0.05) is 13.3 Å². The largest absolute Gasteiger partial charge is 0.494 e. The van der Waals surface area contributed by atoms with Gasteiger partial charge in [0.1, 0.15) is 0 Å². The number of hydrogen-bond donors (Lipinski definition) is 1. The van der Waals surface area contributed by atoms with Gasteiger partial charge in [0.25, 0.3) is 0 Å². The summed E-state index contributed by atoms with van der Waals surface area (Å²) in [7, 11) is 1.85. The standard InChI is InChI=1S/C16H20N2O/c1-16(2,3)17-11-13-10-14(18(4)15(13)19)12-8-6-5-7-9-12/h5-11,19H,1-4H3. The minimum atomic E-state index is -0.144. The summed E-state index contributed by atoms with van der Waals surface area (Å²) in [6.45, 7) is 6.09. The molecule has 1 N–H and O–H groups in total. The van der Waals surface area contributed by atoms with Gasteiger partial charge in [-0.1, -0.05) is 30.3 Å². The Hall–Kier alpha value is -2.03. The van der Waals surface area contributed by atoms with Crippen LogP contribution in [0.3, 0.4) is 0 Å². The lowest BCUT2D eigenvalue weighted by molar-refractivity contribution is 0.432. The zero-order chi connectivity index (χ0) is 14.0. The van der Waals surface area contributed by atoms with Crippen LogP contribution < -0.4 is 0 Å². The lowest BCUT2D eigenvalue weighted by atomic mass is 10.1. The Morgan fingerprint density at radius 3 is 2.37 bits per heavy atom. The normalized spacial score (nSPS) is 12.2. The van der Waals surface area contributed by atoms with Gasteiger partial charge in [-0.25, -0.2) is 0 Å². The molecule has 0 spiro atoms. The number of rotatable bonds is 2. The molecule has 0 aliphatic rings. The number of benzene rings is 1. The van der Waals surface area contributed by atoms with Crippen LogP contribution >= 0.6 is 0 Å². The summed E-state index contributed by atoms with van der Waals surface area (Å²) in [6, 6.07) is 12.0. The number of aromatic nitrogens is 1. The van der Waals surface area contributed by atoms with Gasteiger partial charge in [0.05, 0.1) is 16.8 Å². The third-order valence-corrected chi connectivity index (χ3v) is 2.89. The Balaban J connectivity index is 2.42. The number of hydrogen-bond acceptors (Lipinski definition) is 2. The van der Waals surface area contributed by atoms with Gasteiger partial charge in [0.2, 0.25) is 0 Å². The molecule has 1 aromatic heterocycles. The Morgan fingerprint density at radius 2 is 1.79 bits per heavy atom. The minimum absolute atomic E-state index is 0.144. The van der Waals surface area contributed by atoms with E-state index in [1.807, 2.05) is 64.2 Å². The predicted octanol–water partition coefficient (Wildman–Crippen LogP) is 3.62. The van der Waals surface area contributed by atoms with Crippen molar-refractivity contribution in [2.24, 2.45) is 12.0 Å². The van der Waals surface area contributed by atoms with Crippen LogP contribution in [0.5, 0.6) is 5.88 Å². The van der Waals surface area contributed by atoms with Gasteiger partial charge in [-0.2, -0.15) is 0 Å². The van der Waals surface area contributed by atoms with Gasteiger partial charge < -0.3 is 9.67 Å². The maximum absolute atomic E-state index is 10.1. The van der Waals surface area contributed by atoms with E-state index < -0.39 is 0 Å². The Labute approximate surface area is 114 Å².